The second-order valence-corrected chi connectivity index (χ2v) is 6.23. The van der Waals surface area contributed by atoms with Crippen LogP contribution >= 0.6 is 11.8 Å². The number of hydrogen-bond acceptors (Lipinski definition) is 3. The summed E-state index contributed by atoms with van der Waals surface area (Å²) < 4.78 is 0. The quantitative estimate of drug-likeness (QED) is 0.668. The molecule has 110 valence electrons. The number of rotatable bonds is 5. The maximum atomic E-state index is 4.74. The second kappa shape index (κ2) is 6.24. The van der Waals surface area contributed by atoms with Gasteiger partial charge in [-0.25, -0.2) is 4.99 Å². The summed E-state index contributed by atoms with van der Waals surface area (Å²) in [5.74, 6) is 0. The Morgan fingerprint density at radius 3 is 2.50 bits per heavy atom. The number of fused-ring (bicyclic) bond motifs is 2. The van der Waals surface area contributed by atoms with Gasteiger partial charge in [0, 0.05) is 28.6 Å². The number of anilines is 1. The normalized spacial score (nSPS) is 11.8. The highest BCUT2D eigenvalue weighted by atomic mass is 32.2. The maximum absolute atomic E-state index is 4.74. The lowest BCUT2D eigenvalue weighted by atomic mass is 10.2. The fourth-order valence-electron chi connectivity index (χ4n) is 2.45. The largest absolute Gasteiger partial charge is 0.364 e. The summed E-state index contributed by atoms with van der Waals surface area (Å²) in [6.07, 6.45) is 3.82. The lowest BCUT2D eigenvalue weighted by Crippen LogP contribution is -2.23. The standard InChI is InChI=1S/C19H18N2S/c1-4-10-21(11-5-2)15-7-9-17-19(13-15)22-18-12-14(3)6-8-16(18)20-17/h4-9,12-13H,1-3,10-11H2. The van der Waals surface area contributed by atoms with Gasteiger partial charge in [-0.2, -0.15) is 0 Å². The van der Waals surface area contributed by atoms with Gasteiger partial charge in [-0.1, -0.05) is 36.6 Å². The van der Waals surface area contributed by atoms with Crippen LogP contribution in [0.1, 0.15) is 0 Å². The van der Waals surface area contributed by atoms with E-state index in [0.717, 1.165) is 39.9 Å². The lowest BCUT2D eigenvalue weighted by Gasteiger charge is -2.23. The SMILES string of the molecule is C=CCN(CC=C)c1ccc2c(c1)Sc1cc(=C)ccc1=N2. The van der Waals surface area contributed by atoms with Gasteiger partial charge in [-0.05, 0) is 35.6 Å². The average molecular weight is 306 g/mol. The van der Waals surface area contributed by atoms with Crippen LogP contribution in [0.5, 0.6) is 0 Å². The molecule has 22 heavy (non-hydrogen) atoms. The van der Waals surface area contributed by atoms with Crippen molar-refractivity contribution in [1.82, 2.24) is 0 Å². The molecule has 1 aliphatic heterocycles. The Morgan fingerprint density at radius 1 is 1.00 bits per heavy atom. The van der Waals surface area contributed by atoms with Crippen molar-refractivity contribution < 1.29 is 0 Å². The van der Waals surface area contributed by atoms with Crippen molar-refractivity contribution >= 4 is 29.7 Å². The average Bonchev–Trinajstić information content (AvgIpc) is 2.52. The van der Waals surface area contributed by atoms with Gasteiger partial charge in [0.1, 0.15) is 0 Å². The molecular weight excluding hydrogens is 288 g/mol. The van der Waals surface area contributed by atoms with Gasteiger partial charge in [0.15, 0.2) is 0 Å². The summed E-state index contributed by atoms with van der Waals surface area (Å²) >= 11 is 1.75. The highest BCUT2D eigenvalue weighted by molar-refractivity contribution is 7.99. The van der Waals surface area contributed by atoms with E-state index in [4.69, 9.17) is 4.99 Å². The molecule has 2 nitrogen and oxygen atoms in total. The molecule has 0 saturated carbocycles. The van der Waals surface area contributed by atoms with E-state index in [9.17, 15) is 0 Å². The molecule has 0 fully saturated rings. The van der Waals surface area contributed by atoms with Crippen molar-refractivity contribution in [2.45, 2.75) is 9.79 Å². The third-order valence-electron chi connectivity index (χ3n) is 3.49. The van der Waals surface area contributed by atoms with Gasteiger partial charge in [-0.15, -0.1) is 13.2 Å². The minimum atomic E-state index is 0.798. The van der Waals surface area contributed by atoms with E-state index in [-0.39, 0.29) is 0 Å². The molecule has 0 atom stereocenters. The van der Waals surface area contributed by atoms with E-state index in [1.54, 1.807) is 11.8 Å². The third-order valence-corrected chi connectivity index (χ3v) is 4.59. The zero-order valence-electron chi connectivity index (χ0n) is 12.5. The molecule has 0 bridgehead atoms. The number of nitrogens with zero attached hydrogens (tertiary/aromatic N) is 2. The molecule has 0 aliphatic carbocycles. The van der Waals surface area contributed by atoms with Gasteiger partial charge in [-0.3, -0.25) is 0 Å². The van der Waals surface area contributed by atoms with Crippen LogP contribution < -0.4 is 15.5 Å². The summed E-state index contributed by atoms with van der Waals surface area (Å²) in [5.41, 5.74) is 2.19. The highest BCUT2D eigenvalue weighted by Gasteiger charge is 2.13. The summed E-state index contributed by atoms with van der Waals surface area (Å²) in [6.45, 7) is 13.2. The first-order valence-electron chi connectivity index (χ1n) is 7.17. The first-order chi connectivity index (χ1) is 10.7. The molecule has 3 heteroatoms. The Hall–Kier alpha value is -2.26. The second-order valence-electron chi connectivity index (χ2n) is 5.15. The van der Waals surface area contributed by atoms with Crippen LogP contribution in [-0.4, -0.2) is 13.1 Å². The molecule has 0 radical (unpaired) electrons. The fraction of sp³-hybridized carbons (Fsp3) is 0.105. The van der Waals surface area contributed by atoms with Crippen LogP contribution in [0.3, 0.4) is 0 Å². The van der Waals surface area contributed by atoms with Crippen LogP contribution in [-0.2, 0) is 0 Å². The first-order valence-corrected chi connectivity index (χ1v) is 7.99. The molecule has 1 aliphatic rings. The number of hydrogen-bond donors (Lipinski definition) is 0. The smallest absolute Gasteiger partial charge is 0.0778 e. The molecule has 0 aromatic heterocycles. The molecule has 3 rings (SSSR count). The van der Waals surface area contributed by atoms with E-state index >= 15 is 0 Å². The van der Waals surface area contributed by atoms with Crippen molar-refractivity contribution in [3.8, 4) is 0 Å². The predicted molar refractivity (Wildman–Crippen MR) is 95.6 cm³/mol. The predicted octanol–water partition coefficient (Wildman–Crippen LogP) is 3.69. The summed E-state index contributed by atoms with van der Waals surface area (Å²) in [7, 11) is 0. The topological polar surface area (TPSA) is 15.6 Å². The maximum Gasteiger partial charge on any atom is 0.0778 e. The molecule has 0 N–H and O–H groups in total. The van der Waals surface area contributed by atoms with Crippen molar-refractivity contribution in [2.24, 2.45) is 4.99 Å². The van der Waals surface area contributed by atoms with Crippen LogP contribution in [0, 0.1) is 0 Å². The molecule has 0 amide bonds. The van der Waals surface area contributed by atoms with Crippen molar-refractivity contribution in [1.29, 1.82) is 0 Å². The van der Waals surface area contributed by atoms with Gasteiger partial charge < -0.3 is 4.90 Å². The summed E-state index contributed by atoms with van der Waals surface area (Å²) in [5, 5.41) is 2.03. The van der Waals surface area contributed by atoms with Gasteiger partial charge in [0.2, 0.25) is 0 Å². The molecule has 0 saturated heterocycles. The van der Waals surface area contributed by atoms with Crippen LogP contribution in [0.15, 0.2) is 76.5 Å². The summed E-state index contributed by atoms with van der Waals surface area (Å²) in [6, 6.07) is 12.5. The van der Waals surface area contributed by atoms with E-state index < -0.39 is 0 Å². The Morgan fingerprint density at radius 2 is 1.77 bits per heavy atom. The van der Waals surface area contributed by atoms with Crippen LogP contribution in [0.25, 0.3) is 6.58 Å². The van der Waals surface area contributed by atoms with Crippen molar-refractivity contribution in [3.05, 3.63) is 72.3 Å². The van der Waals surface area contributed by atoms with Gasteiger partial charge in [0.25, 0.3) is 0 Å². The highest BCUT2D eigenvalue weighted by Crippen LogP contribution is 2.38. The molecule has 0 unspecified atom stereocenters. The van der Waals surface area contributed by atoms with E-state index in [0.29, 0.717) is 0 Å². The zero-order chi connectivity index (χ0) is 15.5. The minimum absolute atomic E-state index is 0.798. The van der Waals surface area contributed by atoms with Crippen molar-refractivity contribution in [3.63, 3.8) is 0 Å². The Balaban J connectivity index is 2.02. The molecule has 1 heterocycles. The van der Waals surface area contributed by atoms with Gasteiger partial charge >= 0.3 is 0 Å². The first kappa shape index (κ1) is 14.7. The third kappa shape index (κ3) is 2.85. The van der Waals surface area contributed by atoms with Crippen LogP contribution in [0.2, 0.25) is 0 Å². The fourth-order valence-corrected chi connectivity index (χ4v) is 3.51. The van der Waals surface area contributed by atoms with Gasteiger partial charge in [0.05, 0.1) is 11.0 Å². The Kier molecular flexibility index (Phi) is 4.16. The minimum Gasteiger partial charge on any atom is -0.364 e. The molecule has 2 aromatic carbocycles. The van der Waals surface area contributed by atoms with E-state index in [2.05, 4.69) is 48.9 Å². The molecule has 2 aromatic rings. The number of benzene rings is 2. The zero-order valence-corrected chi connectivity index (χ0v) is 13.3. The van der Waals surface area contributed by atoms with E-state index in [1.165, 1.54) is 4.90 Å². The Labute approximate surface area is 135 Å². The van der Waals surface area contributed by atoms with Crippen molar-refractivity contribution in [2.75, 3.05) is 18.0 Å². The summed E-state index contributed by atoms with van der Waals surface area (Å²) in [4.78, 5) is 9.30. The molecular formula is C19H18N2S. The lowest BCUT2D eigenvalue weighted by molar-refractivity contribution is 0.952. The molecule has 0 spiro atoms. The van der Waals surface area contributed by atoms with E-state index in [1.807, 2.05) is 24.3 Å². The monoisotopic (exact) mass is 306 g/mol. The van der Waals surface area contributed by atoms with Crippen LogP contribution in [0.4, 0.5) is 11.4 Å². The Bertz CT molecular complexity index is 829.